The Hall–Kier alpha value is -2.08. The Kier molecular flexibility index (Phi) is 4.71. The van der Waals surface area contributed by atoms with Gasteiger partial charge in [-0.3, -0.25) is 4.79 Å². The van der Waals surface area contributed by atoms with E-state index in [1.165, 1.54) is 11.3 Å². The van der Waals surface area contributed by atoms with Gasteiger partial charge in [0, 0.05) is 11.2 Å². The smallest absolute Gasteiger partial charge is 0.407 e. The van der Waals surface area contributed by atoms with Crippen LogP contribution in [-0.4, -0.2) is 29.3 Å². The fraction of sp³-hybridized carbons (Fsp3) is 0.375. The molecular weight excluding hydrogens is 302 g/mol. The van der Waals surface area contributed by atoms with Gasteiger partial charge < -0.3 is 15.2 Å². The molecule has 6 heteroatoms. The van der Waals surface area contributed by atoms with Gasteiger partial charge in [-0.2, -0.15) is 0 Å². The number of carboxylic acids is 1. The molecule has 1 amide bonds. The number of hydrogen-bond acceptors (Lipinski definition) is 4. The third kappa shape index (κ3) is 3.98. The zero-order chi connectivity index (χ0) is 16.3. The summed E-state index contributed by atoms with van der Waals surface area (Å²) in [6, 6.07) is 7.63. The van der Waals surface area contributed by atoms with Crippen molar-refractivity contribution in [1.29, 1.82) is 0 Å². The summed E-state index contributed by atoms with van der Waals surface area (Å²) in [4.78, 5) is 23.2. The highest BCUT2D eigenvalue weighted by atomic mass is 32.1. The molecule has 22 heavy (non-hydrogen) atoms. The van der Waals surface area contributed by atoms with Crippen LogP contribution in [0, 0.1) is 0 Å². The average Bonchev–Trinajstić information content (AvgIpc) is 2.81. The summed E-state index contributed by atoms with van der Waals surface area (Å²) in [5, 5.41) is 14.7. The molecule has 0 aliphatic heterocycles. The van der Waals surface area contributed by atoms with Crippen molar-refractivity contribution in [3.63, 3.8) is 0 Å². The average molecular weight is 321 g/mol. The van der Waals surface area contributed by atoms with E-state index in [2.05, 4.69) is 5.32 Å². The monoisotopic (exact) mass is 321 g/mol. The van der Waals surface area contributed by atoms with Gasteiger partial charge in [-0.1, -0.05) is 18.2 Å². The molecule has 0 saturated carbocycles. The van der Waals surface area contributed by atoms with Crippen molar-refractivity contribution in [2.24, 2.45) is 0 Å². The van der Waals surface area contributed by atoms with Gasteiger partial charge in [-0.05, 0) is 43.2 Å². The van der Waals surface area contributed by atoms with Crippen LogP contribution in [0.2, 0.25) is 0 Å². The van der Waals surface area contributed by atoms with Crippen molar-refractivity contribution in [2.75, 3.05) is 6.54 Å². The van der Waals surface area contributed by atoms with E-state index < -0.39 is 23.6 Å². The Balaban J connectivity index is 2.14. The number of ether oxygens (including phenoxy) is 1. The molecule has 0 aliphatic rings. The number of alkyl carbamates (subject to hydrolysis) is 1. The molecule has 1 aromatic carbocycles. The molecule has 0 aliphatic carbocycles. The van der Waals surface area contributed by atoms with Crippen LogP contribution in [0.3, 0.4) is 0 Å². The molecule has 0 radical (unpaired) electrons. The van der Waals surface area contributed by atoms with E-state index in [1.54, 1.807) is 20.8 Å². The molecule has 0 saturated heterocycles. The summed E-state index contributed by atoms with van der Waals surface area (Å²) in [6.45, 7) is 5.26. The molecule has 1 atom stereocenters. The number of carboxylic acid groups (broad SMARTS) is 1. The zero-order valence-electron chi connectivity index (χ0n) is 12.8. The number of aliphatic carboxylic acids is 1. The number of benzene rings is 1. The van der Waals surface area contributed by atoms with Gasteiger partial charge in [0.15, 0.2) is 0 Å². The van der Waals surface area contributed by atoms with Crippen LogP contribution < -0.4 is 5.32 Å². The van der Waals surface area contributed by atoms with Gasteiger partial charge in [-0.25, -0.2) is 4.79 Å². The number of rotatable bonds is 4. The maximum absolute atomic E-state index is 11.7. The second-order valence-electron chi connectivity index (χ2n) is 5.96. The van der Waals surface area contributed by atoms with Crippen molar-refractivity contribution < 1.29 is 19.4 Å². The number of carbonyl (C=O) groups is 2. The van der Waals surface area contributed by atoms with Crippen molar-refractivity contribution in [3.8, 4) is 0 Å². The fourth-order valence-electron chi connectivity index (χ4n) is 2.10. The van der Waals surface area contributed by atoms with Crippen LogP contribution in [0.25, 0.3) is 10.1 Å². The summed E-state index contributed by atoms with van der Waals surface area (Å²) in [5.74, 6) is -1.77. The Bertz CT molecular complexity index is 687. The molecule has 2 aromatic rings. The Morgan fingerprint density at radius 2 is 2.00 bits per heavy atom. The maximum atomic E-state index is 11.7. The molecule has 2 N–H and O–H groups in total. The third-order valence-electron chi connectivity index (χ3n) is 3.03. The minimum atomic E-state index is -0.973. The maximum Gasteiger partial charge on any atom is 0.407 e. The number of amides is 1. The van der Waals surface area contributed by atoms with E-state index in [0.29, 0.717) is 5.56 Å². The predicted octanol–water partition coefficient (Wildman–Crippen LogP) is 3.59. The van der Waals surface area contributed by atoms with Crippen LogP contribution >= 0.6 is 11.3 Å². The minimum absolute atomic E-state index is 0.00895. The first-order valence-electron chi connectivity index (χ1n) is 6.94. The summed E-state index contributed by atoms with van der Waals surface area (Å²) in [6.07, 6.45) is -0.613. The van der Waals surface area contributed by atoms with E-state index in [9.17, 15) is 14.7 Å². The lowest BCUT2D eigenvalue weighted by atomic mass is 9.98. The second-order valence-corrected chi connectivity index (χ2v) is 6.87. The van der Waals surface area contributed by atoms with Crippen molar-refractivity contribution in [2.45, 2.75) is 32.3 Å². The highest BCUT2D eigenvalue weighted by Crippen LogP contribution is 2.31. The van der Waals surface area contributed by atoms with Crippen molar-refractivity contribution in [3.05, 3.63) is 35.2 Å². The summed E-state index contributed by atoms with van der Waals surface area (Å²) >= 11 is 1.50. The van der Waals surface area contributed by atoms with E-state index in [1.807, 2.05) is 29.6 Å². The molecule has 1 aromatic heterocycles. The second kappa shape index (κ2) is 6.36. The van der Waals surface area contributed by atoms with Crippen molar-refractivity contribution in [1.82, 2.24) is 5.32 Å². The Morgan fingerprint density at radius 3 is 2.64 bits per heavy atom. The summed E-state index contributed by atoms with van der Waals surface area (Å²) in [5.41, 5.74) is 0.0990. The molecule has 1 heterocycles. The molecule has 118 valence electrons. The Labute approximate surface area is 132 Å². The van der Waals surface area contributed by atoms with Gasteiger partial charge in [0.2, 0.25) is 0 Å². The van der Waals surface area contributed by atoms with Crippen LogP contribution in [0.1, 0.15) is 32.3 Å². The van der Waals surface area contributed by atoms with Gasteiger partial charge >= 0.3 is 12.1 Å². The standard InChI is InChI=1S/C16H19NO4S/c1-16(2,3)21-15(20)17-8-11(14(18)19)12-9-22-13-7-5-4-6-10(12)13/h4-7,9,11H,8H2,1-3H3,(H,17,20)(H,18,19)/t11-/m0/s1. The van der Waals surface area contributed by atoms with Crippen LogP contribution in [0.15, 0.2) is 29.6 Å². The molecule has 2 rings (SSSR count). The number of thiophene rings is 1. The Morgan fingerprint density at radius 1 is 1.32 bits per heavy atom. The molecule has 0 spiro atoms. The highest BCUT2D eigenvalue weighted by Gasteiger charge is 2.25. The van der Waals surface area contributed by atoms with Gasteiger partial charge in [-0.15, -0.1) is 11.3 Å². The van der Waals surface area contributed by atoms with E-state index in [0.717, 1.165) is 10.1 Å². The number of fused-ring (bicyclic) bond motifs is 1. The largest absolute Gasteiger partial charge is 0.481 e. The van der Waals surface area contributed by atoms with E-state index in [-0.39, 0.29) is 6.54 Å². The molecular formula is C16H19NO4S. The lowest BCUT2D eigenvalue weighted by Crippen LogP contribution is -2.36. The van der Waals surface area contributed by atoms with E-state index in [4.69, 9.17) is 4.74 Å². The van der Waals surface area contributed by atoms with E-state index >= 15 is 0 Å². The first kappa shape index (κ1) is 16.3. The highest BCUT2D eigenvalue weighted by molar-refractivity contribution is 7.17. The van der Waals surface area contributed by atoms with Crippen LogP contribution in [0.5, 0.6) is 0 Å². The molecule has 0 bridgehead atoms. The zero-order valence-corrected chi connectivity index (χ0v) is 13.6. The number of nitrogens with one attached hydrogen (secondary N) is 1. The molecule has 0 fully saturated rings. The van der Waals surface area contributed by atoms with Crippen LogP contribution in [-0.2, 0) is 9.53 Å². The molecule has 5 nitrogen and oxygen atoms in total. The first-order chi connectivity index (χ1) is 10.3. The number of carbonyl (C=O) groups excluding carboxylic acids is 1. The third-order valence-corrected chi connectivity index (χ3v) is 4.02. The molecule has 0 unspecified atom stereocenters. The van der Waals surface area contributed by atoms with Crippen molar-refractivity contribution >= 4 is 33.5 Å². The van der Waals surface area contributed by atoms with Crippen LogP contribution in [0.4, 0.5) is 4.79 Å². The topological polar surface area (TPSA) is 75.6 Å². The minimum Gasteiger partial charge on any atom is -0.481 e. The van der Waals surface area contributed by atoms with Gasteiger partial charge in [0.1, 0.15) is 11.5 Å². The summed E-state index contributed by atoms with van der Waals surface area (Å²) in [7, 11) is 0. The first-order valence-corrected chi connectivity index (χ1v) is 7.81. The van der Waals surface area contributed by atoms with Gasteiger partial charge in [0.05, 0.1) is 0 Å². The normalized spacial score (nSPS) is 12.9. The quantitative estimate of drug-likeness (QED) is 0.902. The fourth-order valence-corrected chi connectivity index (χ4v) is 3.11. The number of hydrogen-bond donors (Lipinski definition) is 2. The summed E-state index contributed by atoms with van der Waals surface area (Å²) < 4.78 is 6.16. The SMILES string of the molecule is CC(C)(C)OC(=O)NC[C@H](C(=O)O)c1csc2ccccc12. The van der Waals surface area contributed by atoms with Gasteiger partial charge in [0.25, 0.3) is 0 Å². The predicted molar refractivity (Wildman–Crippen MR) is 86.4 cm³/mol. The lowest BCUT2D eigenvalue weighted by Gasteiger charge is -2.20. The lowest BCUT2D eigenvalue weighted by molar-refractivity contribution is -0.138.